The van der Waals surface area contributed by atoms with Crippen LogP contribution >= 0.6 is 31.9 Å². The zero-order valence-electron chi connectivity index (χ0n) is 13.8. The summed E-state index contributed by atoms with van der Waals surface area (Å²) in [7, 11) is 0. The van der Waals surface area contributed by atoms with Gasteiger partial charge in [-0.1, -0.05) is 28.1 Å². The minimum Gasteiger partial charge on any atom is -0.351 e. The van der Waals surface area contributed by atoms with Gasteiger partial charge in [-0.15, -0.1) is 0 Å². The summed E-state index contributed by atoms with van der Waals surface area (Å²) in [5.74, 6) is -1.02. The third-order valence-electron chi connectivity index (χ3n) is 4.34. The lowest BCUT2D eigenvalue weighted by Gasteiger charge is -2.18. The molecule has 1 aliphatic carbocycles. The van der Waals surface area contributed by atoms with Crippen LogP contribution in [-0.2, 0) is 10.3 Å². The van der Waals surface area contributed by atoms with E-state index >= 15 is 0 Å². The Hall–Kier alpha value is -1.73. The number of nitrogens with one attached hydrogen (secondary N) is 2. The Labute approximate surface area is 167 Å². The van der Waals surface area contributed by atoms with Crippen LogP contribution in [0.3, 0.4) is 0 Å². The maximum atomic E-state index is 13.3. The van der Waals surface area contributed by atoms with Gasteiger partial charge in [0.15, 0.2) is 0 Å². The van der Waals surface area contributed by atoms with E-state index in [1.165, 1.54) is 12.1 Å². The number of amides is 2. The second-order valence-corrected chi connectivity index (χ2v) is 8.04. The molecule has 0 saturated heterocycles. The second kappa shape index (κ2) is 7.88. The van der Waals surface area contributed by atoms with Crippen LogP contribution in [-0.4, -0.2) is 18.4 Å². The molecular formula is C19H17Br2FN2O2. The number of halogens is 3. The van der Waals surface area contributed by atoms with E-state index in [2.05, 4.69) is 42.5 Å². The normalized spacial score (nSPS) is 14.6. The van der Waals surface area contributed by atoms with Crippen LogP contribution in [0.5, 0.6) is 0 Å². The van der Waals surface area contributed by atoms with Crippen LogP contribution in [0, 0.1) is 5.82 Å². The van der Waals surface area contributed by atoms with Crippen molar-refractivity contribution in [1.82, 2.24) is 10.6 Å². The van der Waals surface area contributed by atoms with E-state index in [0.29, 0.717) is 4.47 Å². The van der Waals surface area contributed by atoms with Crippen LogP contribution in [0.2, 0.25) is 0 Å². The first-order valence-corrected chi connectivity index (χ1v) is 9.78. The molecule has 0 spiro atoms. The molecule has 0 radical (unpaired) electrons. The van der Waals surface area contributed by atoms with E-state index in [1.54, 1.807) is 0 Å². The van der Waals surface area contributed by atoms with Gasteiger partial charge >= 0.3 is 0 Å². The van der Waals surface area contributed by atoms with Crippen molar-refractivity contribution in [3.8, 4) is 0 Å². The zero-order valence-corrected chi connectivity index (χ0v) is 17.0. The van der Waals surface area contributed by atoms with Gasteiger partial charge in [0.05, 0.1) is 11.1 Å². The van der Waals surface area contributed by atoms with E-state index in [9.17, 15) is 14.0 Å². The molecule has 0 bridgehead atoms. The average molecular weight is 484 g/mol. The number of carbonyl (C=O) groups excluding carboxylic acids is 2. The predicted molar refractivity (Wildman–Crippen MR) is 104 cm³/mol. The van der Waals surface area contributed by atoms with Gasteiger partial charge in [-0.3, -0.25) is 9.59 Å². The molecular weight excluding hydrogens is 467 g/mol. The summed E-state index contributed by atoms with van der Waals surface area (Å²) in [5.41, 5.74) is 1.01. The fourth-order valence-corrected chi connectivity index (χ4v) is 3.46. The Morgan fingerprint density at radius 3 is 2.42 bits per heavy atom. The SMILES string of the molecule is O=C(CCNC(=O)c1cc(F)ccc1Br)NC1(c2ccc(Br)cc2)CC1. The largest absolute Gasteiger partial charge is 0.351 e. The summed E-state index contributed by atoms with van der Waals surface area (Å²) >= 11 is 6.63. The quantitative estimate of drug-likeness (QED) is 0.644. The molecule has 0 aromatic heterocycles. The Bertz CT molecular complexity index is 836. The molecule has 26 heavy (non-hydrogen) atoms. The van der Waals surface area contributed by atoms with Crippen molar-refractivity contribution < 1.29 is 14.0 Å². The summed E-state index contributed by atoms with van der Waals surface area (Å²) in [6.07, 6.45) is 1.98. The van der Waals surface area contributed by atoms with Gasteiger partial charge in [-0.2, -0.15) is 0 Å². The number of hydrogen-bond donors (Lipinski definition) is 2. The molecule has 0 heterocycles. The minimum absolute atomic E-state index is 0.121. The summed E-state index contributed by atoms with van der Waals surface area (Å²) < 4.78 is 14.8. The lowest BCUT2D eigenvalue weighted by Crippen LogP contribution is -2.37. The van der Waals surface area contributed by atoms with Crippen LogP contribution in [0.1, 0.15) is 35.2 Å². The van der Waals surface area contributed by atoms with Gasteiger partial charge in [0.2, 0.25) is 5.91 Å². The lowest BCUT2D eigenvalue weighted by atomic mass is 10.0. The molecule has 2 aromatic carbocycles. The third kappa shape index (κ3) is 4.51. The predicted octanol–water partition coefficient (Wildman–Crippen LogP) is 4.28. The highest BCUT2D eigenvalue weighted by molar-refractivity contribution is 9.10. The Kier molecular flexibility index (Phi) is 5.77. The molecule has 7 heteroatoms. The van der Waals surface area contributed by atoms with Crippen molar-refractivity contribution in [3.63, 3.8) is 0 Å². The second-order valence-electron chi connectivity index (χ2n) is 6.27. The maximum Gasteiger partial charge on any atom is 0.252 e. The monoisotopic (exact) mass is 482 g/mol. The van der Waals surface area contributed by atoms with Crippen molar-refractivity contribution in [1.29, 1.82) is 0 Å². The standard InChI is InChI=1S/C19H17Br2FN2O2/c20-13-3-1-12(2-4-13)19(8-9-19)24-17(25)7-10-23-18(26)15-11-14(22)5-6-16(15)21/h1-6,11H,7-10H2,(H,23,26)(H,24,25). The first-order valence-electron chi connectivity index (χ1n) is 8.20. The Morgan fingerprint density at radius 1 is 1.08 bits per heavy atom. The lowest BCUT2D eigenvalue weighted by molar-refractivity contribution is -0.122. The van der Waals surface area contributed by atoms with Gasteiger partial charge in [0, 0.05) is 21.9 Å². The first-order chi connectivity index (χ1) is 12.4. The third-order valence-corrected chi connectivity index (χ3v) is 5.56. The zero-order chi connectivity index (χ0) is 18.7. The molecule has 1 saturated carbocycles. The molecule has 136 valence electrons. The summed E-state index contributed by atoms with van der Waals surface area (Å²) in [4.78, 5) is 24.3. The van der Waals surface area contributed by atoms with Gasteiger partial charge in [0.25, 0.3) is 5.91 Å². The van der Waals surface area contributed by atoms with Crippen LogP contribution in [0.4, 0.5) is 4.39 Å². The Balaban J connectivity index is 1.51. The fourth-order valence-electron chi connectivity index (χ4n) is 2.77. The maximum absolute atomic E-state index is 13.3. The fraction of sp³-hybridized carbons (Fsp3) is 0.263. The number of carbonyl (C=O) groups is 2. The van der Waals surface area contributed by atoms with Crippen molar-refractivity contribution >= 4 is 43.7 Å². The van der Waals surface area contributed by atoms with Gasteiger partial charge < -0.3 is 10.6 Å². The topological polar surface area (TPSA) is 58.2 Å². The molecule has 4 nitrogen and oxygen atoms in total. The first kappa shape index (κ1) is 19.0. The van der Waals surface area contributed by atoms with Crippen molar-refractivity contribution in [2.24, 2.45) is 0 Å². The molecule has 2 aromatic rings. The molecule has 0 unspecified atom stereocenters. The van der Waals surface area contributed by atoms with Crippen LogP contribution in [0.25, 0.3) is 0 Å². The van der Waals surface area contributed by atoms with Gasteiger partial charge in [-0.25, -0.2) is 4.39 Å². The van der Waals surface area contributed by atoms with E-state index in [1.807, 2.05) is 24.3 Å². The highest BCUT2D eigenvalue weighted by Gasteiger charge is 2.45. The molecule has 2 N–H and O–H groups in total. The molecule has 0 aliphatic heterocycles. The van der Waals surface area contributed by atoms with Gasteiger partial charge in [0.1, 0.15) is 5.82 Å². The van der Waals surface area contributed by atoms with E-state index < -0.39 is 11.7 Å². The average Bonchev–Trinajstić information content (AvgIpc) is 3.38. The highest BCUT2D eigenvalue weighted by Crippen LogP contribution is 2.45. The summed E-state index contributed by atoms with van der Waals surface area (Å²) in [6, 6.07) is 11.8. The molecule has 1 aliphatic rings. The van der Waals surface area contributed by atoms with E-state index in [4.69, 9.17) is 0 Å². The van der Waals surface area contributed by atoms with Crippen molar-refractivity contribution in [2.75, 3.05) is 6.54 Å². The number of rotatable bonds is 6. The number of hydrogen-bond acceptors (Lipinski definition) is 2. The van der Waals surface area contributed by atoms with Crippen LogP contribution in [0.15, 0.2) is 51.4 Å². The Morgan fingerprint density at radius 2 is 1.77 bits per heavy atom. The van der Waals surface area contributed by atoms with E-state index in [-0.39, 0.29) is 30.0 Å². The smallest absolute Gasteiger partial charge is 0.252 e. The van der Waals surface area contributed by atoms with Gasteiger partial charge in [-0.05, 0) is 64.7 Å². The highest BCUT2D eigenvalue weighted by atomic mass is 79.9. The summed E-state index contributed by atoms with van der Waals surface area (Å²) in [5, 5.41) is 5.71. The molecule has 1 fully saturated rings. The molecule has 0 atom stereocenters. The molecule has 3 rings (SSSR count). The minimum atomic E-state index is -0.485. The van der Waals surface area contributed by atoms with Crippen LogP contribution < -0.4 is 10.6 Å². The number of benzene rings is 2. The van der Waals surface area contributed by atoms with Crippen molar-refractivity contribution in [2.45, 2.75) is 24.8 Å². The van der Waals surface area contributed by atoms with E-state index in [0.717, 1.165) is 28.9 Å². The summed E-state index contributed by atoms with van der Waals surface area (Å²) in [6.45, 7) is 0.185. The molecule has 2 amide bonds. The van der Waals surface area contributed by atoms with Crippen molar-refractivity contribution in [3.05, 3.63) is 68.4 Å².